The zero-order valence-electron chi connectivity index (χ0n) is 12.7. The third kappa shape index (κ3) is 4.19. The van der Waals surface area contributed by atoms with Gasteiger partial charge in [-0.1, -0.05) is 12.1 Å². The first-order chi connectivity index (χ1) is 11.9. The molecule has 3 aromatic rings. The molecule has 0 bridgehead atoms. The molecule has 0 fully saturated rings. The van der Waals surface area contributed by atoms with E-state index in [1.165, 1.54) is 12.4 Å². The van der Waals surface area contributed by atoms with Crippen LogP contribution in [0.25, 0.3) is 0 Å². The van der Waals surface area contributed by atoms with Gasteiger partial charge in [-0.15, -0.1) is 0 Å². The van der Waals surface area contributed by atoms with Crippen LogP contribution < -0.4 is 5.32 Å². The fourth-order valence-electron chi connectivity index (χ4n) is 2.18. The predicted molar refractivity (Wildman–Crippen MR) is 82.8 cm³/mol. The van der Waals surface area contributed by atoms with E-state index in [4.69, 9.17) is 0 Å². The minimum atomic E-state index is -4.60. The van der Waals surface area contributed by atoms with E-state index in [2.05, 4.69) is 20.4 Å². The number of benzene rings is 1. The standard InChI is InChI=1S/C16H12F3N5O/c17-16(18,19)14-7-12(4-5-21-14)15(25)23-13-3-1-2-11(6-13)8-24-10-20-9-22-24/h1-7,9-10H,8H2,(H,23,25). The van der Waals surface area contributed by atoms with Crippen molar-refractivity contribution < 1.29 is 18.0 Å². The number of carbonyl (C=O) groups is 1. The average Bonchev–Trinajstić information content (AvgIpc) is 3.07. The van der Waals surface area contributed by atoms with Crippen LogP contribution in [0.1, 0.15) is 21.6 Å². The van der Waals surface area contributed by atoms with Crippen molar-refractivity contribution >= 4 is 11.6 Å². The maximum atomic E-state index is 12.7. The molecule has 1 amide bonds. The SMILES string of the molecule is O=C(Nc1cccc(Cn2cncn2)c1)c1ccnc(C(F)(F)F)c1. The summed E-state index contributed by atoms with van der Waals surface area (Å²) in [5.74, 6) is -0.647. The summed E-state index contributed by atoms with van der Waals surface area (Å²) in [4.78, 5) is 19.3. The summed E-state index contributed by atoms with van der Waals surface area (Å²) >= 11 is 0. The van der Waals surface area contributed by atoms with Gasteiger partial charge in [-0.25, -0.2) is 9.67 Å². The highest BCUT2D eigenvalue weighted by molar-refractivity contribution is 6.04. The number of hydrogen-bond donors (Lipinski definition) is 1. The first-order valence-corrected chi connectivity index (χ1v) is 7.18. The van der Waals surface area contributed by atoms with Gasteiger partial charge in [0.2, 0.25) is 0 Å². The molecular weight excluding hydrogens is 335 g/mol. The molecule has 3 rings (SSSR count). The molecule has 2 heterocycles. The van der Waals surface area contributed by atoms with E-state index in [1.807, 2.05) is 6.07 Å². The van der Waals surface area contributed by atoms with Crippen molar-refractivity contribution in [3.8, 4) is 0 Å². The van der Waals surface area contributed by atoms with Crippen molar-refractivity contribution in [1.29, 1.82) is 0 Å². The molecule has 128 valence electrons. The molecule has 0 aliphatic rings. The van der Waals surface area contributed by atoms with Gasteiger partial charge in [0.25, 0.3) is 5.91 Å². The van der Waals surface area contributed by atoms with E-state index >= 15 is 0 Å². The number of aromatic nitrogens is 4. The topological polar surface area (TPSA) is 72.7 Å². The van der Waals surface area contributed by atoms with Crippen LogP contribution in [0, 0.1) is 0 Å². The largest absolute Gasteiger partial charge is 0.433 e. The highest BCUT2D eigenvalue weighted by Crippen LogP contribution is 2.27. The fraction of sp³-hybridized carbons (Fsp3) is 0.125. The lowest BCUT2D eigenvalue weighted by atomic mass is 10.1. The van der Waals surface area contributed by atoms with Gasteiger partial charge < -0.3 is 5.32 Å². The molecule has 0 saturated heterocycles. The lowest BCUT2D eigenvalue weighted by Gasteiger charge is -2.09. The summed E-state index contributed by atoms with van der Waals surface area (Å²) < 4.78 is 39.7. The van der Waals surface area contributed by atoms with Gasteiger partial charge in [0, 0.05) is 17.4 Å². The average molecular weight is 347 g/mol. The van der Waals surface area contributed by atoms with Gasteiger partial charge in [0.15, 0.2) is 0 Å². The van der Waals surface area contributed by atoms with Crippen LogP contribution in [0.5, 0.6) is 0 Å². The third-order valence-electron chi connectivity index (χ3n) is 3.31. The Hall–Kier alpha value is -3.23. The quantitative estimate of drug-likeness (QED) is 0.787. The van der Waals surface area contributed by atoms with E-state index in [1.54, 1.807) is 29.2 Å². The number of amides is 1. The number of hydrogen-bond acceptors (Lipinski definition) is 4. The molecule has 6 nitrogen and oxygen atoms in total. The first kappa shape index (κ1) is 16.6. The van der Waals surface area contributed by atoms with Crippen LogP contribution in [0.4, 0.5) is 18.9 Å². The molecule has 0 aliphatic heterocycles. The maximum absolute atomic E-state index is 12.7. The van der Waals surface area contributed by atoms with Gasteiger partial charge in [0.1, 0.15) is 18.3 Å². The Morgan fingerprint density at radius 1 is 1.20 bits per heavy atom. The van der Waals surface area contributed by atoms with Gasteiger partial charge in [-0.3, -0.25) is 9.78 Å². The van der Waals surface area contributed by atoms with Gasteiger partial charge in [0.05, 0.1) is 6.54 Å². The van der Waals surface area contributed by atoms with Crippen LogP contribution in [0.3, 0.4) is 0 Å². The summed E-state index contributed by atoms with van der Waals surface area (Å²) in [6.07, 6.45) is -0.679. The van der Waals surface area contributed by atoms with E-state index in [9.17, 15) is 18.0 Å². The summed E-state index contributed by atoms with van der Waals surface area (Å²) in [7, 11) is 0. The minimum Gasteiger partial charge on any atom is -0.322 e. The molecule has 0 spiro atoms. The number of pyridine rings is 1. The number of rotatable bonds is 4. The zero-order valence-corrected chi connectivity index (χ0v) is 12.7. The molecule has 1 N–H and O–H groups in total. The van der Waals surface area contributed by atoms with E-state index < -0.39 is 17.8 Å². The maximum Gasteiger partial charge on any atom is 0.433 e. The Balaban J connectivity index is 1.75. The predicted octanol–water partition coefficient (Wildman–Crippen LogP) is 2.99. The fourth-order valence-corrected chi connectivity index (χ4v) is 2.18. The number of halogens is 3. The molecule has 0 radical (unpaired) electrons. The van der Waals surface area contributed by atoms with Crippen molar-refractivity contribution in [1.82, 2.24) is 19.7 Å². The van der Waals surface area contributed by atoms with E-state index in [0.717, 1.165) is 11.8 Å². The van der Waals surface area contributed by atoms with Crippen LogP contribution in [0.2, 0.25) is 0 Å². The number of nitrogens with zero attached hydrogens (tertiary/aromatic N) is 4. The molecule has 0 unspecified atom stereocenters. The Kier molecular flexibility index (Phi) is 4.46. The van der Waals surface area contributed by atoms with Crippen molar-refractivity contribution in [2.75, 3.05) is 5.32 Å². The normalized spacial score (nSPS) is 11.3. The Labute approximate surface area is 140 Å². The highest BCUT2D eigenvalue weighted by atomic mass is 19.4. The molecule has 0 atom stereocenters. The van der Waals surface area contributed by atoms with Crippen molar-refractivity contribution in [2.45, 2.75) is 12.7 Å². The zero-order chi connectivity index (χ0) is 17.9. The Morgan fingerprint density at radius 2 is 2.04 bits per heavy atom. The molecular formula is C16H12F3N5O. The highest BCUT2D eigenvalue weighted by Gasteiger charge is 2.32. The van der Waals surface area contributed by atoms with Crippen molar-refractivity contribution in [3.05, 3.63) is 72.1 Å². The van der Waals surface area contributed by atoms with Crippen LogP contribution >= 0.6 is 0 Å². The second-order valence-electron chi connectivity index (χ2n) is 5.18. The lowest BCUT2D eigenvalue weighted by Crippen LogP contribution is -2.15. The molecule has 0 aliphatic carbocycles. The molecule has 0 saturated carbocycles. The van der Waals surface area contributed by atoms with Crippen molar-refractivity contribution in [3.63, 3.8) is 0 Å². The number of nitrogens with one attached hydrogen (secondary N) is 1. The van der Waals surface area contributed by atoms with Crippen molar-refractivity contribution in [2.24, 2.45) is 0 Å². The van der Waals surface area contributed by atoms with E-state index in [-0.39, 0.29) is 5.56 Å². The third-order valence-corrected chi connectivity index (χ3v) is 3.31. The Bertz CT molecular complexity index is 877. The summed E-state index contributed by atoms with van der Waals surface area (Å²) in [6.45, 7) is 0.456. The molecule has 1 aromatic carbocycles. The molecule has 25 heavy (non-hydrogen) atoms. The monoisotopic (exact) mass is 347 g/mol. The van der Waals surface area contributed by atoms with Crippen LogP contribution in [-0.4, -0.2) is 25.7 Å². The summed E-state index contributed by atoms with van der Waals surface area (Å²) in [5, 5.41) is 6.56. The smallest absolute Gasteiger partial charge is 0.322 e. The number of anilines is 1. The second kappa shape index (κ2) is 6.71. The minimum absolute atomic E-state index is 0.121. The van der Waals surface area contributed by atoms with Gasteiger partial charge in [-0.2, -0.15) is 18.3 Å². The molecule has 2 aromatic heterocycles. The molecule has 9 heteroatoms. The summed E-state index contributed by atoms with van der Waals surface area (Å²) in [5.41, 5.74) is 0.0890. The second-order valence-corrected chi connectivity index (χ2v) is 5.18. The van der Waals surface area contributed by atoms with E-state index in [0.29, 0.717) is 18.3 Å². The summed E-state index contributed by atoms with van der Waals surface area (Å²) in [6, 6.07) is 8.87. The van der Waals surface area contributed by atoms with Crippen LogP contribution in [-0.2, 0) is 12.7 Å². The first-order valence-electron chi connectivity index (χ1n) is 7.18. The number of alkyl halides is 3. The Morgan fingerprint density at radius 3 is 2.76 bits per heavy atom. The van der Waals surface area contributed by atoms with Gasteiger partial charge in [-0.05, 0) is 29.8 Å². The number of carbonyl (C=O) groups excluding carboxylic acids is 1. The lowest BCUT2D eigenvalue weighted by molar-refractivity contribution is -0.141. The van der Waals surface area contributed by atoms with Crippen LogP contribution in [0.15, 0.2) is 55.2 Å². The van der Waals surface area contributed by atoms with Gasteiger partial charge >= 0.3 is 6.18 Å².